The number of carboxylic acid groups (broad SMARTS) is 1. The lowest BCUT2D eigenvalue weighted by molar-refractivity contribution is -0.139. The van der Waals surface area contributed by atoms with Gasteiger partial charge in [0.1, 0.15) is 6.04 Å². The molecule has 2 saturated carbocycles. The zero-order valence-electron chi connectivity index (χ0n) is 14.9. The predicted molar refractivity (Wildman–Crippen MR) is 94.0 cm³/mol. The molecule has 0 bridgehead atoms. The molecule has 0 heterocycles. The maximum absolute atomic E-state index is 12.8. The maximum atomic E-state index is 12.8. The van der Waals surface area contributed by atoms with E-state index in [9.17, 15) is 14.4 Å². The molecule has 142 valence electrons. The van der Waals surface area contributed by atoms with Gasteiger partial charge in [0.15, 0.2) is 0 Å². The van der Waals surface area contributed by atoms with Crippen LogP contribution in [0.2, 0.25) is 0 Å². The fourth-order valence-corrected chi connectivity index (χ4v) is 3.84. The normalized spacial score (nSPS) is 20.7. The van der Waals surface area contributed by atoms with Crippen LogP contribution in [0.5, 0.6) is 0 Å². The van der Waals surface area contributed by atoms with E-state index in [0.717, 1.165) is 57.8 Å². The van der Waals surface area contributed by atoms with E-state index in [-0.39, 0.29) is 36.9 Å². The largest absolute Gasteiger partial charge is 0.480 e. The molecule has 25 heavy (non-hydrogen) atoms. The monoisotopic (exact) mass is 353 g/mol. The highest BCUT2D eigenvalue weighted by atomic mass is 16.4. The summed E-state index contributed by atoms with van der Waals surface area (Å²) < 4.78 is 0. The van der Waals surface area contributed by atoms with Crippen molar-refractivity contribution in [3.8, 4) is 0 Å². The topological polar surface area (TPSA) is 113 Å². The third kappa shape index (κ3) is 5.99. The smallest absolute Gasteiger partial charge is 0.324 e. The Bertz CT molecular complexity index is 471. The zero-order valence-corrected chi connectivity index (χ0v) is 14.9. The number of hydrogen-bond donors (Lipinski definition) is 3. The number of amides is 3. The molecule has 7 nitrogen and oxygen atoms in total. The fourth-order valence-electron chi connectivity index (χ4n) is 3.84. The molecule has 0 aliphatic heterocycles. The first kappa shape index (κ1) is 19.7. The van der Waals surface area contributed by atoms with Crippen molar-refractivity contribution in [2.75, 3.05) is 0 Å². The van der Waals surface area contributed by atoms with E-state index in [0.29, 0.717) is 0 Å². The Hall–Kier alpha value is -1.63. The lowest BCUT2D eigenvalue weighted by Gasteiger charge is -2.34. The third-order valence-electron chi connectivity index (χ3n) is 5.35. The number of urea groups is 1. The number of nitrogens with two attached hydrogens (primary N) is 1. The van der Waals surface area contributed by atoms with Crippen molar-refractivity contribution < 1.29 is 19.5 Å². The van der Waals surface area contributed by atoms with Crippen LogP contribution in [0.3, 0.4) is 0 Å². The predicted octanol–water partition coefficient (Wildman–Crippen LogP) is 2.38. The van der Waals surface area contributed by atoms with Gasteiger partial charge >= 0.3 is 12.0 Å². The minimum atomic E-state index is -1.12. The van der Waals surface area contributed by atoms with E-state index >= 15 is 0 Å². The highest BCUT2D eigenvalue weighted by Crippen LogP contribution is 2.24. The van der Waals surface area contributed by atoms with Gasteiger partial charge in [-0.2, -0.15) is 0 Å². The van der Waals surface area contributed by atoms with Gasteiger partial charge in [-0.25, -0.2) is 4.79 Å². The molecule has 0 saturated heterocycles. The molecule has 2 aliphatic carbocycles. The summed E-state index contributed by atoms with van der Waals surface area (Å²) in [6, 6.07) is -1.32. The van der Waals surface area contributed by atoms with Gasteiger partial charge in [-0.3, -0.25) is 14.5 Å². The standard InChI is InChI=1S/C18H31N3O4/c19-15(17(23)24)11-12-16(22)21(14-9-5-2-6-10-14)18(25)20-13-7-3-1-4-8-13/h13-15H,1-12,19H2,(H,20,25)(H,23,24). The molecular weight excluding hydrogens is 322 g/mol. The van der Waals surface area contributed by atoms with Crippen LogP contribution >= 0.6 is 0 Å². The zero-order chi connectivity index (χ0) is 18.2. The van der Waals surface area contributed by atoms with Crippen molar-refractivity contribution in [1.29, 1.82) is 0 Å². The molecule has 1 unspecified atom stereocenters. The summed E-state index contributed by atoms with van der Waals surface area (Å²) in [4.78, 5) is 37.7. The molecule has 1 atom stereocenters. The molecule has 7 heteroatoms. The fraction of sp³-hybridized carbons (Fsp3) is 0.833. The number of rotatable bonds is 6. The third-order valence-corrected chi connectivity index (χ3v) is 5.35. The number of carboxylic acids is 1. The molecular formula is C18H31N3O4. The van der Waals surface area contributed by atoms with E-state index in [4.69, 9.17) is 10.8 Å². The van der Waals surface area contributed by atoms with Crippen molar-refractivity contribution >= 4 is 17.9 Å². The van der Waals surface area contributed by atoms with Crippen LogP contribution in [-0.2, 0) is 9.59 Å². The quantitative estimate of drug-likeness (QED) is 0.678. The van der Waals surface area contributed by atoms with Crippen LogP contribution in [0.4, 0.5) is 4.79 Å². The highest BCUT2D eigenvalue weighted by Gasteiger charge is 2.32. The summed E-state index contributed by atoms with van der Waals surface area (Å²) >= 11 is 0. The highest BCUT2D eigenvalue weighted by molar-refractivity contribution is 5.95. The SMILES string of the molecule is NC(CCC(=O)N(C(=O)NC1CCCCC1)C1CCCCC1)C(=O)O. The maximum Gasteiger partial charge on any atom is 0.324 e. The number of carbonyl (C=O) groups is 3. The number of aliphatic carboxylic acids is 1. The molecule has 4 N–H and O–H groups in total. The molecule has 2 fully saturated rings. The van der Waals surface area contributed by atoms with Crippen LogP contribution in [0.15, 0.2) is 0 Å². The molecule has 3 amide bonds. The molecule has 2 rings (SSSR count). The first-order valence-electron chi connectivity index (χ1n) is 9.60. The Morgan fingerprint density at radius 1 is 1.00 bits per heavy atom. The van der Waals surface area contributed by atoms with E-state index in [1.165, 1.54) is 11.3 Å². The number of nitrogens with zero attached hydrogens (tertiary/aromatic N) is 1. The van der Waals surface area contributed by atoms with Crippen molar-refractivity contribution in [2.24, 2.45) is 5.73 Å². The van der Waals surface area contributed by atoms with E-state index in [1.807, 2.05) is 0 Å². The second kappa shape index (κ2) is 9.75. The molecule has 0 aromatic rings. The Balaban J connectivity index is 1.99. The van der Waals surface area contributed by atoms with Gasteiger partial charge in [0.25, 0.3) is 0 Å². The van der Waals surface area contributed by atoms with E-state index in [1.54, 1.807) is 0 Å². The van der Waals surface area contributed by atoms with Crippen LogP contribution in [0.25, 0.3) is 0 Å². The second-order valence-corrected chi connectivity index (χ2v) is 7.32. The molecule has 0 aromatic heterocycles. The molecule has 0 radical (unpaired) electrons. The summed E-state index contributed by atoms with van der Waals surface area (Å²) in [6.07, 6.45) is 10.2. The first-order chi connectivity index (χ1) is 12.0. The van der Waals surface area contributed by atoms with Gasteiger partial charge in [-0.15, -0.1) is 0 Å². The molecule has 0 aromatic carbocycles. The minimum Gasteiger partial charge on any atom is -0.480 e. The second-order valence-electron chi connectivity index (χ2n) is 7.32. The van der Waals surface area contributed by atoms with Gasteiger partial charge in [0.2, 0.25) is 5.91 Å². The Labute approximate surface area is 149 Å². The van der Waals surface area contributed by atoms with Gasteiger partial charge in [0.05, 0.1) is 0 Å². The van der Waals surface area contributed by atoms with Gasteiger partial charge in [0, 0.05) is 18.5 Å². The van der Waals surface area contributed by atoms with E-state index < -0.39 is 12.0 Å². The van der Waals surface area contributed by atoms with Gasteiger partial charge < -0.3 is 16.2 Å². The van der Waals surface area contributed by atoms with Crippen molar-refractivity contribution in [3.63, 3.8) is 0 Å². The van der Waals surface area contributed by atoms with Crippen molar-refractivity contribution in [2.45, 2.75) is 95.2 Å². The Morgan fingerprint density at radius 3 is 2.12 bits per heavy atom. The van der Waals surface area contributed by atoms with Crippen LogP contribution in [0, 0.1) is 0 Å². The van der Waals surface area contributed by atoms with Crippen LogP contribution in [-0.4, -0.2) is 46.0 Å². The first-order valence-corrected chi connectivity index (χ1v) is 9.60. The van der Waals surface area contributed by atoms with Crippen molar-refractivity contribution in [1.82, 2.24) is 10.2 Å². The number of nitrogens with one attached hydrogen (secondary N) is 1. The van der Waals surface area contributed by atoms with Crippen molar-refractivity contribution in [3.05, 3.63) is 0 Å². The average molecular weight is 353 g/mol. The number of imide groups is 1. The van der Waals surface area contributed by atoms with E-state index in [2.05, 4.69) is 5.32 Å². The number of carbonyl (C=O) groups excluding carboxylic acids is 2. The lowest BCUT2D eigenvalue weighted by Crippen LogP contribution is -2.53. The van der Waals surface area contributed by atoms with Crippen LogP contribution in [0.1, 0.15) is 77.0 Å². The minimum absolute atomic E-state index is 0.0119. The molecule has 0 spiro atoms. The Morgan fingerprint density at radius 2 is 1.56 bits per heavy atom. The summed E-state index contributed by atoms with van der Waals surface area (Å²) in [5.41, 5.74) is 5.50. The number of hydrogen-bond acceptors (Lipinski definition) is 4. The lowest BCUT2D eigenvalue weighted by atomic mass is 9.93. The van der Waals surface area contributed by atoms with Gasteiger partial charge in [-0.1, -0.05) is 38.5 Å². The molecule has 2 aliphatic rings. The summed E-state index contributed by atoms with van der Waals surface area (Å²) in [6.45, 7) is 0. The average Bonchev–Trinajstić information content (AvgIpc) is 2.61. The Kier molecular flexibility index (Phi) is 7.68. The summed E-state index contributed by atoms with van der Waals surface area (Å²) in [5.74, 6) is -1.43. The summed E-state index contributed by atoms with van der Waals surface area (Å²) in [5, 5.41) is 11.9. The van der Waals surface area contributed by atoms with Crippen LogP contribution < -0.4 is 11.1 Å². The van der Waals surface area contributed by atoms with Gasteiger partial charge in [-0.05, 0) is 32.1 Å². The summed E-state index contributed by atoms with van der Waals surface area (Å²) in [7, 11) is 0.